The second-order valence-electron chi connectivity index (χ2n) is 3.16. The lowest BCUT2D eigenvalue weighted by Gasteiger charge is -2.30. The molecule has 1 atom stereocenters. The highest BCUT2D eigenvalue weighted by Crippen LogP contribution is 2.59. The molecule has 0 aliphatic heterocycles. The molecular formula is C7H6Br3IO. The minimum atomic E-state index is -0.532. The van der Waals surface area contributed by atoms with Crippen molar-refractivity contribution in [1.29, 1.82) is 0 Å². The number of alkyl halides is 2. The van der Waals surface area contributed by atoms with Crippen LogP contribution in [0, 0.1) is 5.41 Å². The van der Waals surface area contributed by atoms with Gasteiger partial charge >= 0.3 is 0 Å². The van der Waals surface area contributed by atoms with Crippen LogP contribution in [0.4, 0.5) is 0 Å². The zero-order valence-electron chi connectivity index (χ0n) is 6.42. The highest BCUT2D eigenvalue weighted by atomic mass is 127. The Morgan fingerprint density at radius 2 is 1.75 bits per heavy atom. The molecule has 0 aromatic heterocycles. The fourth-order valence-electron chi connectivity index (χ4n) is 0.934. The van der Waals surface area contributed by atoms with E-state index in [0.717, 1.165) is 4.48 Å². The first-order chi connectivity index (χ1) is 5.23. The van der Waals surface area contributed by atoms with Gasteiger partial charge in [0.2, 0.25) is 0 Å². The molecule has 0 radical (unpaired) electrons. The highest BCUT2D eigenvalue weighted by molar-refractivity contribution is 14.1. The van der Waals surface area contributed by atoms with Crippen molar-refractivity contribution in [3.63, 3.8) is 0 Å². The van der Waals surface area contributed by atoms with Crippen LogP contribution in [0.1, 0.15) is 13.8 Å². The maximum absolute atomic E-state index is 11.7. The molecule has 0 bridgehead atoms. The number of carbonyl (C=O) groups is 1. The van der Waals surface area contributed by atoms with E-state index in [-0.39, 0.29) is 11.2 Å². The summed E-state index contributed by atoms with van der Waals surface area (Å²) in [6.07, 6.45) is 0. The molecule has 68 valence electrons. The minimum absolute atomic E-state index is 0.0833. The van der Waals surface area contributed by atoms with E-state index in [4.69, 9.17) is 0 Å². The Morgan fingerprint density at radius 3 is 1.83 bits per heavy atom. The molecule has 0 spiro atoms. The van der Waals surface area contributed by atoms with Gasteiger partial charge in [-0.25, -0.2) is 0 Å². The maximum Gasteiger partial charge on any atom is 0.198 e. The second-order valence-corrected chi connectivity index (χ2v) is 9.03. The van der Waals surface area contributed by atoms with Gasteiger partial charge in [-0.05, 0) is 15.9 Å². The van der Waals surface area contributed by atoms with Gasteiger partial charge in [-0.15, -0.1) is 0 Å². The number of allylic oxidation sites excluding steroid dienone is 2. The average molecular weight is 473 g/mol. The van der Waals surface area contributed by atoms with Crippen molar-refractivity contribution in [3.05, 3.63) is 8.96 Å². The Kier molecular flexibility index (Phi) is 3.21. The van der Waals surface area contributed by atoms with Crippen LogP contribution < -0.4 is 0 Å². The predicted molar refractivity (Wildman–Crippen MR) is 69.3 cm³/mol. The summed E-state index contributed by atoms with van der Waals surface area (Å²) in [6, 6.07) is 0. The van der Waals surface area contributed by atoms with Crippen molar-refractivity contribution in [3.8, 4) is 0 Å². The summed E-state index contributed by atoms with van der Waals surface area (Å²) in [5, 5.41) is 0. The van der Waals surface area contributed by atoms with Gasteiger partial charge in [0.25, 0.3) is 0 Å². The van der Waals surface area contributed by atoms with E-state index in [0.29, 0.717) is 4.48 Å². The van der Waals surface area contributed by atoms with Gasteiger partial charge < -0.3 is 0 Å². The number of hydrogen-bond acceptors (Lipinski definition) is 1. The van der Waals surface area contributed by atoms with Crippen LogP contribution in [0.2, 0.25) is 0 Å². The van der Waals surface area contributed by atoms with E-state index in [2.05, 4.69) is 70.4 Å². The molecule has 1 unspecified atom stereocenters. The number of halogens is 4. The van der Waals surface area contributed by atoms with Crippen LogP contribution in [0.5, 0.6) is 0 Å². The molecule has 0 amide bonds. The van der Waals surface area contributed by atoms with Gasteiger partial charge in [-0.2, -0.15) is 0 Å². The van der Waals surface area contributed by atoms with Crippen LogP contribution in [-0.4, -0.2) is 8.11 Å². The zero-order chi connectivity index (χ0) is 9.73. The number of hydrogen-bond donors (Lipinski definition) is 0. The quantitative estimate of drug-likeness (QED) is 0.383. The fraction of sp³-hybridized carbons (Fsp3) is 0.571. The van der Waals surface area contributed by atoms with Crippen molar-refractivity contribution >= 4 is 76.2 Å². The lowest BCUT2D eigenvalue weighted by Crippen LogP contribution is -2.34. The number of ketones is 1. The molecular weight excluding hydrogens is 467 g/mol. The minimum Gasteiger partial charge on any atom is -0.291 e. The Hall–Kier alpha value is 1.58. The van der Waals surface area contributed by atoms with Gasteiger partial charge in [0.1, 0.15) is 2.33 Å². The van der Waals surface area contributed by atoms with Crippen molar-refractivity contribution in [2.45, 2.75) is 16.2 Å². The smallest absolute Gasteiger partial charge is 0.198 e. The Morgan fingerprint density at radius 1 is 1.33 bits per heavy atom. The normalized spacial score (nSPS) is 34.7. The molecule has 0 saturated carbocycles. The summed E-state index contributed by atoms with van der Waals surface area (Å²) >= 11 is 12.3. The Bertz CT molecular complexity index is 280. The van der Waals surface area contributed by atoms with E-state index in [1.165, 1.54) is 0 Å². The van der Waals surface area contributed by atoms with Crippen LogP contribution in [0.3, 0.4) is 0 Å². The van der Waals surface area contributed by atoms with Gasteiger partial charge in [0.15, 0.2) is 5.78 Å². The third kappa shape index (κ3) is 1.39. The monoisotopic (exact) mass is 470 g/mol. The second kappa shape index (κ2) is 3.31. The molecule has 1 rings (SSSR count). The molecule has 0 N–H and O–H groups in total. The first-order valence-corrected chi connectivity index (χ1v) is 6.67. The average Bonchev–Trinajstić information content (AvgIpc) is 2.05. The van der Waals surface area contributed by atoms with E-state index >= 15 is 0 Å². The van der Waals surface area contributed by atoms with Crippen molar-refractivity contribution in [2.24, 2.45) is 5.41 Å². The van der Waals surface area contributed by atoms with E-state index in [1.807, 2.05) is 13.8 Å². The van der Waals surface area contributed by atoms with Gasteiger partial charge in [0.05, 0.1) is 4.48 Å². The lowest BCUT2D eigenvalue weighted by molar-refractivity contribution is -0.114. The van der Waals surface area contributed by atoms with Gasteiger partial charge in [-0.1, -0.05) is 68.3 Å². The van der Waals surface area contributed by atoms with Crippen LogP contribution in [0.25, 0.3) is 0 Å². The number of Topliss-reactive ketones (excluding diaryl/α,β-unsaturated/α-hetero) is 1. The molecule has 0 aromatic rings. The first kappa shape index (κ1) is 11.7. The molecule has 5 heteroatoms. The summed E-state index contributed by atoms with van der Waals surface area (Å²) < 4.78 is 1.03. The van der Waals surface area contributed by atoms with Gasteiger partial charge in [0, 0.05) is 9.90 Å². The summed E-state index contributed by atoms with van der Waals surface area (Å²) in [6.45, 7) is 4.04. The standard InChI is InChI=1S/C7H6Br3IO/c1-6(2)4(9)3(8)5(12)7(6,10)11/h1-2H3. The molecule has 0 heterocycles. The lowest BCUT2D eigenvalue weighted by atomic mass is 9.93. The molecule has 1 aliphatic carbocycles. The maximum atomic E-state index is 11.7. The van der Waals surface area contributed by atoms with Crippen LogP contribution in [-0.2, 0) is 4.79 Å². The summed E-state index contributed by atoms with van der Waals surface area (Å²) in [5.41, 5.74) is -0.205. The molecule has 12 heavy (non-hydrogen) atoms. The number of carbonyl (C=O) groups excluding carboxylic acids is 1. The SMILES string of the molecule is CC1(C)C(Br)=C(Br)C(=O)C1(Br)I. The van der Waals surface area contributed by atoms with Crippen LogP contribution in [0.15, 0.2) is 8.96 Å². The molecule has 0 saturated heterocycles. The van der Waals surface area contributed by atoms with Crippen molar-refractivity contribution in [2.75, 3.05) is 0 Å². The predicted octanol–water partition coefficient (Wildman–Crippen LogP) is 4.12. The largest absolute Gasteiger partial charge is 0.291 e. The highest BCUT2D eigenvalue weighted by Gasteiger charge is 2.55. The summed E-state index contributed by atoms with van der Waals surface area (Å²) in [4.78, 5) is 11.7. The zero-order valence-corrected chi connectivity index (χ0v) is 13.3. The van der Waals surface area contributed by atoms with Crippen LogP contribution >= 0.6 is 70.4 Å². The Balaban J connectivity index is 3.31. The Labute approximate surface area is 110 Å². The van der Waals surface area contributed by atoms with E-state index in [9.17, 15) is 4.79 Å². The van der Waals surface area contributed by atoms with Gasteiger partial charge in [-0.3, -0.25) is 4.79 Å². The van der Waals surface area contributed by atoms with E-state index in [1.54, 1.807) is 0 Å². The topological polar surface area (TPSA) is 17.1 Å². The third-order valence-electron chi connectivity index (χ3n) is 2.01. The number of rotatable bonds is 0. The first-order valence-electron chi connectivity index (χ1n) is 3.21. The van der Waals surface area contributed by atoms with Crippen molar-refractivity contribution < 1.29 is 4.79 Å². The molecule has 1 nitrogen and oxygen atoms in total. The third-order valence-corrected chi connectivity index (χ3v) is 7.88. The molecule has 1 aliphatic rings. The molecule has 0 aromatic carbocycles. The van der Waals surface area contributed by atoms with E-state index < -0.39 is 2.33 Å². The van der Waals surface area contributed by atoms with Crippen molar-refractivity contribution in [1.82, 2.24) is 0 Å². The summed E-state index contributed by atoms with van der Waals surface area (Å²) in [5.74, 6) is 0.0833. The molecule has 0 fully saturated rings. The fourth-order valence-corrected chi connectivity index (χ4v) is 4.41. The summed E-state index contributed by atoms with van der Waals surface area (Å²) in [7, 11) is 0.